The third-order valence-corrected chi connectivity index (χ3v) is 8.80. The van der Waals surface area contributed by atoms with Crippen molar-refractivity contribution < 1.29 is 104 Å². The topological polar surface area (TPSA) is 346 Å². The number of nitrogens with one attached hydrogen (secondary N) is 1. The Bertz CT molecular complexity index is 1040. The van der Waals surface area contributed by atoms with E-state index in [9.17, 15) is 66.1 Å². The second kappa shape index (κ2) is 17.5. The molecule has 22 heteroatoms. The first-order valence-electron chi connectivity index (χ1n) is 15.5. The summed E-state index contributed by atoms with van der Waals surface area (Å²) in [6.07, 6.45) is -32.4. The van der Waals surface area contributed by atoms with Gasteiger partial charge in [0.15, 0.2) is 25.2 Å². The Kier molecular flexibility index (Phi) is 14.4. The lowest BCUT2D eigenvalue weighted by atomic mass is 9.95. The molecule has 0 bridgehead atoms. The second-order valence-corrected chi connectivity index (χ2v) is 12.1. The number of hydrogen-bond donors (Lipinski definition) is 13. The van der Waals surface area contributed by atoms with Gasteiger partial charge >= 0.3 is 0 Å². The van der Waals surface area contributed by atoms with E-state index in [2.05, 4.69) is 5.32 Å². The molecule has 22 nitrogen and oxygen atoms in total. The zero-order valence-corrected chi connectivity index (χ0v) is 26.4. The van der Waals surface area contributed by atoms with E-state index >= 15 is 0 Å². The Morgan fingerprint density at radius 2 is 1.00 bits per heavy atom. The fraction of sp³-hybridized carbons (Fsp3) is 0.963. The van der Waals surface area contributed by atoms with Crippen LogP contribution in [-0.4, -0.2) is 223 Å². The number of ether oxygens (including phenoxy) is 8. The number of aliphatic hydroxyl groups excluding tert-OH is 12. The SMILES string of the molecule is CO[C@H]1O[C@H](CO[C@H]2O[C@H](CO)[C@@H](O)[C@H](O)[C@@H]2O)[C@@H](O[C@@H]2O[C@H](CO)[C@@H](O)[C@H](O)[C@H]2NC(C)=O)[C@H](O[C@H]2O[C@H](CO)[C@@H](O)[C@H](O)[C@@H]2O)[C@@H]1O. The van der Waals surface area contributed by atoms with Crippen molar-refractivity contribution in [2.24, 2.45) is 0 Å². The van der Waals surface area contributed by atoms with Crippen molar-refractivity contribution in [1.29, 1.82) is 0 Å². The maximum atomic E-state index is 12.0. The lowest BCUT2D eigenvalue weighted by Crippen LogP contribution is -2.69. The molecule has 4 rings (SSSR count). The van der Waals surface area contributed by atoms with E-state index in [1.807, 2.05) is 0 Å². The molecule has 0 radical (unpaired) electrons. The summed E-state index contributed by atoms with van der Waals surface area (Å²) in [7, 11) is 1.14. The maximum absolute atomic E-state index is 12.0. The third kappa shape index (κ3) is 8.66. The zero-order valence-electron chi connectivity index (χ0n) is 26.4. The molecule has 4 aliphatic rings. The molecular weight excluding hydrogens is 674 g/mol. The molecule has 0 spiro atoms. The van der Waals surface area contributed by atoms with E-state index in [-0.39, 0.29) is 0 Å². The molecule has 20 atom stereocenters. The first-order chi connectivity index (χ1) is 23.2. The highest BCUT2D eigenvalue weighted by atomic mass is 16.8. The zero-order chi connectivity index (χ0) is 36.3. The third-order valence-electron chi connectivity index (χ3n) is 8.80. The average Bonchev–Trinajstić information content (AvgIpc) is 3.08. The smallest absolute Gasteiger partial charge is 0.217 e. The molecular formula is C27H47NO21. The van der Waals surface area contributed by atoms with Crippen molar-refractivity contribution >= 4 is 5.91 Å². The summed E-state index contributed by atoms with van der Waals surface area (Å²) in [5.41, 5.74) is 0. The van der Waals surface area contributed by atoms with Crippen LogP contribution in [0.4, 0.5) is 0 Å². The Labute approximate surface area is 278 Å². The summed E-state index contributed by atoms with van der Waals surface area (Å²) >= 11 is 0. The van der Waals surface area contributed by atoms with Gasteiger partial charge in [-0.05, 0) is 0 Å². The van der Waals surface area contributed by atoms with Gasteiger partial charge in [0.25, 0.3) is 0 Å². The number of carbonyl (C=O) groups is 1. The minimum atomic E-state index is -1.97. The number of carbonyl (C=O) groups excluding carboxylic acids is 1. The minimum Gasteiger partial charge on any atom is -0.394 e. The molecule has 0 aliphatic carbocycles. The van der Waals surface area contributed by atoms with E-state index in [0.717, 1.165) is 14.0 Å². The molecule has 4 heterocycles. The number of methoxy groups -OCH3 is 1. The molecule has 0 saturated carbocycles. The maximum Gasteiger partial charge on any atom is 0.217 e. The molecule has 0 unspecified atom stereocenters. The molecule has 0 aromatic rings. The molecule has 0 aromatic heterocycles. The summed E-state index contributed by atoms with van der Waals surface area (Å²) < 4.78 is 45.2. The van der Waals surface area contributed by atoms with Crippen LogP contribution in [0.15, 0.2) is 0 Å². The number of aliphatic hydroxyl groups is 12. The van der Waals surface area contributed by atoms with Crippen molar-refractivity contribution in [3.8, 4) is 0 Å². The summed E-state index contributed by atoms with van der Waals surface area (Å²) in [4.78, 5) is 12.0. The first kappa shape index (κ1) is 40.4. The average molecular weight is 722 g/mol. The number of rotatable bonds is 12. The van der Waals surface area contributed by atoms with Crippen LogP contribution in [0.3, 0.4) is 0 Å². The molecule has 13 N–H and O–H groups in total. The van der Waals surface area contributed by atoms with Gasteiger partial charge in [0.05, 0.1) is 26.4 Å². The fourth-order valence-electron chi connectivity index (χ4n) is 6.01. The Balaban J connectivity index is 1.69. The van der Waals surface area contributed by atoms with Crippen LogP contribution in [0.2, 0.25) is 0 Å². The Morgan fingerprint density at radius 3 is 1.51 bits per heavy atom. The van der Waals surface area contributed by atoms with Gasteiger partial charge in [0, 0.05) is 14.0 Å². The highest BCUT2D eigenvalue weighted by molar-refractivity contribution is 5.73. The number of hydrogen-bond acceptors (Lipinski definition) is 21. The van der Waals surface area contributed by atoms with Crippen LogP contribution in [0.1, 0.15) is 6.92 Å². The van der Waals surface area contributed by atoms with Gasteiger partial charge in [-0.25, -0.2) is 0 Å². The van der Waals surface area contributed by atoms with Crippen molar-refractivity contribution in [2.75, 3.05) is 33.5 Å². The summed E-state index contributed by atoms with van der Waals surface area (Å²) in [6, 6.07) is -1.52. The monoisotopic (exact) mass is 721 g/mol. The van der Waals surface area contributed by atoms with Gasteiger partial charge in [-0.15, -0.1) is 0 Å². The molecule has 0 aromatic carbocycles. The van der Waals surface area contributed by atoms with E-state index in [4.69, 9.17) is 37.9 Å². The molecule has 4 fully saturated rings. The van der Waals surface area contributed by atoms with Crippen LogP contribution in [0, 0.1) is 0 Å². The van der Waals surface area contributed by atoms with E-state index in [0.29, 0.717) is 0 Å². The summed E-state index contributed by atoms with van der Waals surface area (Å²) in [5, 5.41) is 126. The van der Waals surface area contributed by atoms with Crippen LogP contribution in [0.25, 0.3) is 0 Å². The van der Waals surface area contributed by atoms with Crippen LogP contribution in [-0.2, 0) is 42.7 Å². The molecule has 49 heavy (non-hydrogen) atoms. The van der Waals surface area contributed by atoms with Crippen molar-refractivity contribution in [3.63, 3.8) is 0 Å². The van der Waals surface area contributed by atoms with Gasteiger partial charge < -0.3 is 104 Å². The van der Waals surface area contributed by atoms with Gasteiger partial charge in [0.2, 0.25) is 5.91 Å². The largest absolute Gasteiger partial charge is 0.394 e. The lowest BCUT2D eigenvalue weighted by molar-refractivity contribution is -0.384. The predicted molar refractivity (Wildman–Crippen MR) is 150 cm³/mol. The minimum absolute atomic E-state index is 0.680. The molecule has 4 saturated heterocycles. The van der Waals surface area contributed by atoms with E-state index in [1.165, 1.54) is 0 Å². The van der Waals surface area contributed by atoms with Gasteiger partial charge in [0.1, 0.15) is 97.6 Å². The highest BCUT2D eigenvalue weighted by Gasteiger charge is 2.55. The van der Waals surface area contributed by atoms with Gasteiger partial charge in [-0.3, -0.25) is 4.79 Å². The molecule has 1 amide bonds. The summed E-state index contributed by atoms with van der Waals surface area (Å²) in [6.45, 7) is -2.01. The van der Waals surface area contributed by atoms with Gasteiger partial charge in [-0.1, -0.05) is 0 Å². The normalized spacial score (nSPS) is 49.4. The Morgan fingerprint density at radius 1 is 0.551 bits per heavy atom. The summed E-state index contributed by atoms with van der Waals surface area (Å²) in [5.74, 6) is -0.702. The second-order valence-electron chi connectivity index (χ2n) is 12.1. The number of amides is 1. The van der Waals surface area contributed by atoms with Crippen LogP contribution in [0.5, 0.6) is 0 Å². The fourth-order valence-corrected chi connectivity index (χ4v) is 6.01. The van der Waals surface area contributed by atoms with Crippen molar-refractivity contribution in [2.45, 2.75) is 130 Å². The van der Waals surface area contributed by atoms with Crippen LogP contribution >= 0.6 is 0 Å². The lowest BCUT2D eigenvalue weighted by Gasteiger charge is -2.50. The van der Waals surface area contributed by atoms with Crippen LogP contribution < -0.4 is 5.32 Å². The molecule has 4 aliphatic heterocycles. The highest BCUT2D eigenvalue weighted by Crippen LogP contribution is 2.34. The van der Waals surface area contributed by atoms with E-state index in [1.54, 1.807) is 0 Å². The predicted octanol–water partition coefficient (Wildman–Crippen LogP) is -8.95. The van der Waals surface area contributed by atoms with Gasteiger partial charge in [-0.2, -0.15) is 0 Å². The molecule has 286 valence electrons. The van der Waals surface area contributed by atoms with Crippen molar-refractivity contribution in [3.05, 3.63) is 0 Å². The Hall–Kier alpha value is -1.33. The van der Waals surface area contributed by atoms with E-state index < -0.39 is 155 Å². The van der Waals surface area contributed by atoms with Crippen molar-refractivity contribution in [1.82, 2.24) is 5.32 Å². The quantitative estimate of drug-likeness (QED) is 0.0889. The standard InChI is InChI=1S/C27H47NO21/c1-7(32)28-12-16(36)13(33)8(3-29)44-24(12)48-22-11(6-43-26-19(39)17(37)14(34)9(4-30)45-26)47-25(42-2)21(41)23(22)49-27-20(40)18(38)15(35)10(5-31)46-27/h8-27,29-31,33-41H,3-6H2,1-2H3,(H,28,32)/t8-,9-,10-,11-,12-,13-,14-,15-,16-,17+,18+,19+,20+,21+,22-,23-,24+,25+,26+,27-/m1/s1. The first-order valence-corrected chi connectivity index (χ1v) is 15.5.